The molecule has 0 aliphatic heterocycles. The number of carbonyl (C=O) groups excluding carboxylic acids is 1. The van der Waals surface area contributed by atoms with Gasteiger partial charge >= 0.3 is 0 Å². The van der Waals surface area contributed by atoms with Crippen LogP contribution in [0.15, 0.2) is 24.3 Å². The number of rotatable bonds is 6. The van der Waals surface area contributed by atoms with Gasteiger partial charge in [0.15, 0.2) is 0 Å². The summed E-state index contributed by atoms with van der Waals surface area (Å²) in [7, 11) is 0. The third kappa shape index (κ3) is 5.33. The van der Waals surface area contributed by atoms with Gasteiger partial charge in [-0.15, -0.1) is 11.8 Å². The molecule has 0 radical (unpaired) electrons. The van der Waals surface area contributed by atoms with Crippen LogP contribution in [-0.4, -0.2) is 28.0 Å². The minimum atomic E-state index is -0.418. The highest BCUT2D eigenvalue weighted by atomic mass is 32.2. The zero-order chi connectivity index (χ0) is 12.8. The summed E-state index contributed by atoms with van der Waals surface area (Å²) in [5, 5.41) is 9.33. The normalized spacial score (nSPS) is 14.4. The summed E-state index contributed by atoms with van der Waals surface area (Å²) in [6.45, 7) is 3.60. The fourth-order valence-electron chi connectivity index (χ4n) is 1.24. The van der Waals surface area contributed by atoms with Crippen molar-refractivity contribution in [2.24, 2.45) is 0 Å². The van der Waals surface area contributed by atoms with Gasteiger partial charge in [0.05, 0.1) is 11.9 Å². The quantitative estimate of drug-likeness (QED) is 0.849. The smallest absolute Gasteiger partial charge is 0.147 e. The Bertz CT molecular complexity index is 362. The minimum Gasteiger partial charge on any atom is -0.392 e. The standard InChI is InChI=1S/C13H17FO2S/c1-9(15)10(2)17-8-13(16)7-11-3-5-12(14)6-4-11/h3-6,9-10,15H,7-8H2,1-2H3. The molecule has 0 aromatic heterocycles. The lowest BCUT2D eigenvalue weighted by atomic mass is 10.1. The number of thioether (sulfide) groups is 1. The van der Waals surface area contributed by atoms with Gasteiger partial charge < -0.3 is 5.11 Å². The summed E-state index contributed by atoms with van der Waals surface area (Å²) in [5.41, 5.74) is 0.821. The van der Waals surface area contributed by atoms with Gasteiger partial charge in [-0.2, -0.15) is 0 Å². The van der Waals surface area contributed by atoms with Crippen LogP contribution in [0.4, 0.5) is 4.39 Å². The van der Waals surface area contributed by atoms with E-state index in [2.05, 4.69) is 0 Å². The maximum Gasteiger partial charge on any atom is 0.147 e. The molecule has 0 heterocycles. The van der Waals surface area contributed by atoms with Gasteiger partial charge in [0.1, 0.15) is 11.6 Å². The van der Waals surface area contributed by atoms with Crippen LogP contribution in [0.2, 0.25) is 0 Å². The number of halogens is 1. The molecule has 0 bridgehead atoms. The third-order valence-electron chi connectivity index (χ3n) is 2.50. The molecular weight excluding hydrogens is 239 g/mol. The predicted octanol–water partition coefficient (Wildman–Crippen LogP) is 2.44. The summed E-state index contributed by atoms with van der Waals surface area (Å²) in [6.07, 6.45) is -0.0987. The second-order valence-electron chi connectivity index (χ2n) is 4.10. The van der Waals surface area contributed by atoms with Gasteiger partial charge in [-0.3, -0.25) is 4.79 Å². The highest BCUT2D eigenvalue weighted by Gasteiger charge is 2.12. The number of aliphatic hydroxyl groups excluding tert-OH is 1. The SMILES string of the molecule is CC(O)C(C)SCC(=O)Cc1ccc(F)cc1. The van der Waals surface area contributed by atoms with Crippen molar-refractivity contribution in [2.45, 2.75) is 31.6 Å². The molecule has 0 spiro atoms. The first-order valence-electron chi connectivity index (χ1n) is 5.55. The van der Waals surface area contributed by atoms with Gasteiger partial charge in [-0.1, -0.05) is 19.1 Å². The molecule has 1 aromatic rings. The van der Waals surface area contributed by atoms with Crippen LogP contribution in [0.5, 0.6) is 0 Å². The van der Waals surface area contributed by atoms with Gasteiger partial charge in [-0.25, -0.2) is 4.39 Å². The fourth-order valence-corrected chi connectivity index (χ4v) is 2.07. The molecule has 2 atom stereocenters. The van der Waals surface area contributed by atoms with Crippen LogP contribution >= 0.6 is 11.8 Å². The molecule has 0 saturated heterocycles. The van der Waals surface area contributed by atoms with Gasteiger partial charge in [0.2, 0.25) is 0 Å². The van der Waals surface area contributed by atoms with Crippen LogP contribution in [0, 0.1) is 5.82 Å². The maximum absolute atomic E-state index is 12.7. The Hall–Kier alpha value is -0.870. The lowest BCUT2D eigenvalue weighted by Crippen LogP contribution is -2.18. The van der Waals surface area contributed by atoms with Gasteiger partial charge in [0, 0.05) is 11.7 Å². The number of hydrogen-bond acceptors (Lipinski definition) is 3. The van der Waals surface area contributed by atoms with Crippen LogP contribution < -0.4 is 0 Å². The number of ketones is 1. The van der Waals surface area contributed by atoms with Crippen molar-refractivity contribution in [1.29, 1.82) is 0 Å². The number of carbonyl (C=O) groups is 1. The highest BCUT2D eigenvalue weighted by Crippen LogP contribution is 2.15. The molecule has 1 N–H and O–H groups in total. The molecule has 0 amide bonds. The van der Waals surface area contributed by atoms with Crippen molar-refractivity contribution in [3.05, 3.63) is 35.6 Å². The Kier molecular flexibility index (Phi) is 5.65. The molecule has 1 aromatic carbocycles. The first kappa shape index (κ1) is 14.2. The Balaban J connectivity index is 2.37. The Labute approximate surface area is 105 Å². The molecule has 17 heavy (non-hydrogen) atoms. The molecule has 1 rings (SSSR count). The fraction of sp³-hybridized carbons (Fsp3) is 0.462. The van der Waals surface area contributed by atoms with E-state index in [0.29, 0.717) is 12.2 Å². The highest BCUT2D eigenvalue weighted by molar-refractivity contribution is 8.00. The monoisotopic (exact) mass is 256 g/mol. The third-order valence-corrected chi connectivity index (χ3v) is 3.91. The van der Waals surface area contributed by atoms with Crippen molar-refractivity contribution < 1.29 is 14.3 Å². The molecule has 0 saturated carbocycles. The molecule has 2 nitrogen and oxygen atoms in total. The van der Waals surface area contributed by atoms with E-state index in [0.717, 1.165) is 5.56 Å². The van der Waals surface area contributed by atoms with E-state index in [-0.39, 0.29) is 16.9 Å². The number of aliphatic hydroxyl groups is 1. The lowest BCUT2D eigenvalue weighted by Gasteiger charge is -2.13. The zero-order valence-corrected chi connectivity index (χ0v) is 10.8. The molecule has 94 valence electrons. The van der Waals surface area contributed by atoms with Crippen molar-refractivity contribution in [3.8, 4) is 0 Å². The van der Waals surface area contributed by atoms with Crippen molar-refractivity contribution in [1.82, 2.24) is 0 Å². The minimum absolute atomic E-state index is 0.0483. The number of benzene rings is 1. The van der Waals surface area contributed by atoms with Crippen molar-refractivity contribution in [3.63, 3.8) is 0 Å². The Morgan fingerprint density at radius 2 is 1.94 bits per heavy atom. The summed E-state index contributed by atoms with van der Waals surface area (Å²) >= 11 is 1.44. The van der Waals surface area contributed by atoms with Crippen LogP contribution in [0.3, 0.4) is 0 Å². The van der Waals surface area contributed by atoms with E-state index in [4.69, 9.17) is 0 Å². The summed E-state index contributed by atoms with van der Waals surface area (Å²) in [6, 6.07) is 5.95. The van der Waals surface area contributed by atoms with Crippen molar-refractivity contribution in [2.75, 3.05) is 5.75 Å². The summed E-state index contributed by atoms with van der Waals surface area (Å²) < 4.78 is 12.7. The Morgan fingerprint density at radius 1 is 1.35 bits per heavy atom. The van der Waals surface area contributed by atoms with Gasteiger partial charge in [-0.05, 0) is 24.6 Å². The topological polar surface area (TPSA) is 37.3 Å². The first-order chi connectivity index (χ1) is 7.99. The van der Waals surface area contributed by atoms with E-state index in [1.807, 2.05) is 6.92 Å². The van der Waals surface area contributed by atoms with Crippen molar-refractivity contribution >= 4 is 17.5 Å². The molecule has 0 fully saturated rings. The molecular formula is C13H17FO2S. The Morgan fingerprint density at radius 3 is 2.47 bits per heavy atom. The summed E-state index contributed by atoms with van der Waals surface area (Å²) in [5.74, 6) is 0.177. The lowest BCUT2D eigenvalue weighted by molar-refractivity contribution is -0.116. The predicted molar refractivity (Wildman–Crippen MR) is 68.7 cm³/mol. The zero-order valence-electron chi connectivity index (χ0n) is 10.0. The second-order valence-corrected chi connectivity index (χ2v) is 5.46. The van der Waals surface area contributed by atoms with E-state index < -0.39 is 6.10 Å². The van der Waals surface area contributed by atoms with E-state index >= 15 is 0 Å². The average molecular weight is 256 g/mol. The van der Waals surface area contributed by atoms with Crippen LogP contribution in [-0.2, 0) is 11.2 Å². The van der Waals surface area contributed by atoms with Gasteiger partial charge in [0.25, 0.3) is 0 Å². The largest absolute Gasteiger partial charge is 0.392 e. The van der Waals surface area contributed by atoms with Crippen LogP contribution in [0.1, 0.15) is 19.4 Å². The second kappa shape index (κ2) is 6.77. The molecule has 0 aliphatic rings. The summed E-state index contributed by atoms with van der Waals surface area (Å²) in [4.78, 5) is 11.6. The molecule has 4 heteroatoms. The molecule has 2 unspecified atom stereocenters. The first-order valence-corrected chi connectivity index (χ1v) is 6.59. The van der Waals surface area contributed by atoms with Crippen LogP contribution in [0.25, 0.3) is 0 Å². The number of hydrogen-bond donors (Lipinski definition) is 1. The molecule has 0 aliphatic carbocycles. The van der Waals surface area contributed by atoms with E-state index in [1.165, 1.54) is 23.9 Å². The number of Topliss-reactive ketones (excluding diaryl/α,β-unsaturated/α-hetero) is 1. The van der Waals surface area contributed by atoms with E-state index in [9.17, 15) is 14.3 Å². The maximum atomic E-state index is 12.7. The average Bonchev–Trinajstić information content (AvgIpc) is 2.29. The van der Waals surface area contributed by atoms with E-state index in [1.54, 1.807) is 19.1 Å².